The topological polar surface area (TPSA) is 64.3 Å². The van der Waals surface area contributed by atoms with Gasteiger partial charge in [0.25, 0.3) is 0 Å². The zero-order chi connectivity index (χ0) is 14.1. The lowest BCUT2D eigenvalue weighted by molar-refractivity contribution is 0.0459. The minimum absolute atomic E-state index is 0.362. The van der Waals surface area contributed by atoms with Gasteiger partial charge in [0.1, 0.15) is 10.6 Å². The zero-order valence-corrected chi connectivity index (χ0v) is 12.7. The van der Waals surface area contributed by atoms with Crippen molar-refractivity contribution in [2.45, 2.75) is 32.8 Å². The molecule has 1 fully saturated rings. The highest BCUT2D eigenvalue weighted by molar-refractivity contribution is 7.18. The van der Waals surface area contributed by atoms with Crippen LogP contribution in [0.2, 0.25) is 0 Å². The smallest absolute Gasteiger partial charge is 0.223 e. The maximum atomic E-state index is 5.85. The average molecular weight is 292 g/mol. The third-order valence-electron chi connectivity index (χ3n) is 3.66. The van der Waals surface area contributed by atoms with Gasteiger partial charge in [0.2, 0.25) is 5.95 Å². The van der Waals surface area contributed by atoms with Crippen molar-refractivity contribution in [2.24, 2.45) is 0 Å². The Hall–Kier alpha value is -1.40. The molecule has 0 bridgehead atoms. The van der Waals surface area contributed by atoms with E-state index in [0.29, 0.717) is 12.1 Å². The third-order valence-corrected chi connectivity index (χ3v) is 4.60. The van der Waals surface area contributed by atoms with E-state index < -0.39 is 0 Å². The van der Waals surface area contributed by atoms with Crippen LogP contribution in [0.5, 0.6) is 0 Å². The summed E-state index contributed by atoms with van der Waals surface area (Å²) >= 11 is 1.67. The monoisotopic (exact) mass is 292 g/mol. The highest BCUT2D eigenvalue weighted by Gasteiger charge is 2.22. The van der Waals surface area contributed by atoms with Gasteiger partial charge in [0.15, 0.2) is 0 Å². The predicted octanol–water partition coefficient (Wildman–Crippen LogP) is 2.59. The summed E-state index contributed by atoms with van der Waals surface area (Å²) in [5.74, 6) is 1.34. The van der Waals surface area contributed by atoms with Crippen LogP contribution in [0.1, 0.15) is 24.6 Å². The number of aryl methyl sites for hydroxylation is 1. The van der Waals surface area contributed by atoms with Crippen LogP contribution < -0.4 is 10.6 Å². The lowest BCUT2D eigenvalue weighted by Gasteiger charge is -2.32. The zero-order valence-electron chi connectivity index (χ0n) is 11.9. The van der Waals surface area contributed by atoms with Gasteiger partial charge in [0, 0.05) is 24.6 Å². The van der Waals surface area contributed by atoms with Crippen molar-refractivity contribution in [1.29, 1.82) is 0 Å². The Balaban J connectivity index is 1.87. The fourth-order valence-corrected chi connectivity index (χ4v) is 3.64. The summed E-state index contributed by atoms with van der Waals surface area (Å²) in [4.78, 5) is 13.3. The molecule has 0 radical (unpaired) electrons. The molecule has 2 N–H and O–H groups in total. The van der Waals surface area contributed by atoms with Crippen LogP contribution in [0.25, 0.3) is 10.2 Å². The first-order valence-corrected chi connectivity index (χ1v) is 7.89. The van der Waals surface area contributed by atoms with Crippen molar-refractivity contribution in [1.82, 2.24) is 9.97 Å². The number of hydrogen-bond acceptors (Lipinski definition) is 6. The molecule has 20 heavy (non-hydrogen) atoms. The fourth-order valence-electron chi connectivity index (χ4n) is 2.75. The molecule has 3 rings (SSSR count). The molecule has 0 aromatic carbocycles. The average Bonchev–Trinajstić information content (AvgIpc) is 2.79. The number of nitrogens with zero attached hydrogens (tertiary/aromatic N) is 3. The van der Waals surface area contributed by atoms with Crippen molar-refractivity contribution in [3.8, 4) is 0 Å². The van der Waals surface area contributed by atoms with E-state index in [4.69, 9.17) is 10.5 Å². The van der Waals surface area contributed by atoms with Crippen LogP contribution in [-0.4, -0.2) is 35.8 Å². The molecule has 0 amide bonds. The quantitative estimate of drug-likeness (QED) is 0.942. The van der Waals surface area contributed by atoms with Gasteiger partial charge in [0.05, 0.1) is 11.5 Å². The molecule has 0 aliphatic carbocycles. The number of aromatic nitrogens is 2. The largest absolute Gasteiger partial charge is 0.378 e. The van der Waals surface area contributed by atoms with Gasteiger partial charge in [-0.2, -0.15) is 4.98 Å². The van der Waals surface area contributed by atoms with E-state index in [1.165, 1.54) is 4.88 Å². The van der Waals surface area contributed by atoms with E-state index in [-0.39, 0.29) is 0 Å². The van der Waals surface area contributed by atoms with Crippen molar-refractivity contribution < 1.29 is 4.74 Å². The van der Waals surface area contributed by atoms with Crippen LogP contribution in [0.3, 0.4) is 0 Å². The second-order valence-electron chi connectivity index (χ2n) is 5.12. The summed E-state index contributed by atoms with van der Waals surface area (Å²) in [6.07, 6.45) is 2.47. The molecule has 3 heterocycles. The first-order chi connectivity index (χ1) is 9.67. The molecule has 108 valence electrons. The van der Waals surface area contributed by atoms with Crippen molar-refractivity contribution in [3.05, 3.63) is 10.9 Å². The van der Waals surface area contributed by atoms with Crippen LogP contribution in [0, 0.1) is 6.92 Å². The molecule has 0 spiro atoms. The lowest BCUT2D eigenvalue weighted by Crippen LogP contribution is -2.37. The van der Waals surface area contributed by atoms with Gasteiger partial charge in [-0.1, -0.05) is 0 Å². The van der Waals surface area contributed by atoms with Gasteiger partial charge in [-0.25, -0.2) is 4.98 Å². The Labute approximate surface area is 122 Å². The SMILES string of the molecule is CCOC1CCN(c2nc(N)nc3sc(C)cc23)CC1. The fraction of sp³-hybridized carbons (Fsp3) is 0.571. The second-order valence-corrected chi connectivity index (χ2v) is 6.36. The first-order valence-electron chi connectivity index (χ1n) is 7.07. The number of thiophene rings is 1. The number of rotatable bonds is 3. The summed E-state index contributed by atoms with van der Waals surface area (Å²) in [5.41, 5.74) is 5.85. The molecule has 6 heteroatoms. The Morgan fingerprint density at radius 3 is 2.85 bits per heavy atom. The third kappa shape index (κ3) is 2.58. The lowest BCUT2D eigenvalue weighted by atomic mass is 10.1. The molecular weight excluding hydrogens is 272 g/mol. The minimum atomic E-state index is 0.362. The summed E-state index contributed by atoms with van der Waals surface area (Å²) in [6, 6.07) is 2.16. The Morgan fingerprint density at radius 2 is 2.15 bits per heavy atom. The maximum absolute atomic E-state index is 5.85. The van der Waals surface area contributed by atoms with Crippen LogP contribution >= 0.6 is 11.3 Å². The number of piperidine rings is 1. The molecule has 2 aromatic rings. The molecule has 1 saturated heterocycles. The van der Waals surface area contributed by atoms with Crippen LogP contribution in [0.15, 0.2) is 6.07 Å². The molecule has 0 saturated carbocycles. The van der Waals surface area contributed by atoms with Crippen molar-refractivity contribution in [3.63, 3.8) is 0 Å². The van der Waals surface area contributed by atoms with E-state index in [9.17, 15) is 0 Å². The van der Waals surface area contributed by atoms with Gasteiger partial charge >= 0.3 is 0 Å². The first kappa shape index (κ1) is 13.6. The van der Waals surface area contributed by atoms with E-state index in [1.54, 1.807) is 11.3 Å². The molecule has 0 atom stereocenters. The van der Waals surface area contributed by atoms with Gasteiger partial charge in [-0.05, 0) is 32.8 Å². The van der Waals surface area contributed by atoms with E-state index in [0.717, 1.165) is 48.6 Å². The number of nitrogen functional groups attached to an aromatic ring is 1. The number of fused-ring (bicyclic) bond motifs is 1. The normalized spacial score (nSPS) is 17.0. The van der Waals surface area contributed by atoms with E-state index >= 15 is 0 Å². The molecule has 0 unspecified atom stereocenters. The standard InChI is InChI=1S/C14H20N4OS/c1-3-19-10-4-6-18(7-5-10)12-11-8-9(2)20-13(11)17-14(15)16-12/h8,10H,3-7H2,1-2H3,(H2,15,16,17). The molecule has 1 aliphatic heterocycles. The maximum Gasteiger partial charge on any atom is 0.223 e. The highest BCUT2D eigenvalue weighted by Crippen LogP contribution is 2.32. The van der Waals surface area contributed by atoms with Crippen LogP contribution in [0.4, 0.5) is 11.8 Å². The molecule has 2 aromatic heterocycles. The molecular formula is C14H20N4OS. The van der Waals surface area contributed by atoms with Gasteiger partial charge in [-0.15, -0.1) is 11.3 Å². The van der Waals surface area contributed by atoms with Crippen molar-refractivity contribution >= 4 is 33.3 Å². The Kier molecular flexibility index (Phi) is 3.76. The summed E-state index contributed by atoms with van der Waals surface area (Å²) in [7, 11) is 0. The van der Waals surface area contributed by atoms with Gasteiger partial charge in [-0.3, -0.25) is 0 Å². The molecule has 5 nitrogen and oxygen atoms in total. The highest BCUT2D eigenvalue weighted by atomic mass is 32.1. The number of nitrogens with two attached hydrogens (primary N) is 1. The summed E-state index contributed by atoms with van der Waals surface area (Å²) < 4.78 is 5.70. The summed E-state index contributed by atoms with van der Waals surface area (Å²) in [6.45, 7) is 6.86. The summed E-state index contributed by atoms with van der Waals surface area (Å²) in [5, 5.41) is 1.12. The van der Waals surface area contributed by atoms with E-state index in [2.05, 4.69) is 34.8 Å². The number of hydrogen-bond donors (Lipinski definition) is 1. The predicted molar refractivity (Wildman–Crippen MR) is 83.4 cm³/mol. The van der Waals surface area contributed by atoms with E-state index in [1.807, 2.05) is 0 Å². The Bertz CT molecular complexity index is 604. The van der Waals surface area contributed by atoms with Gasteiger partial charge < -0.3 is 15.4 Å². The molecule has 1 aliphatic rings. The Morgan fingerprint density at radius 1 is 1.40 bits per heavy atom. The minimum Gasteiger partial charge on any atom is -0.378 e. The van der Waals surface area contributed by atoms with Crippen LogP contribution in [-0.2, 0) is 4.74 Å². The number of ether oxygens (including phenoxy) is 1. The second kappa shape index (κ2) is 5.54. The van der Waals surface area contributed by atoms with Crippen molar-refractivity contribution in [2.75, 3.05) is 30.3 Å². The number of anilines is 2.